The molecule has 2 heterocycles. The molecule has 7 nitrogen and oxygen atoms in total. The van der Waals surface area contributed by atoms with Gasteiger partial charge in [-0.25, -0.2) is 9.37 Å². The SMILES string of the molecule is CC[C@H](C)Nc1cc(C(=O)N[C@@H](Cc2ccccc2)[C@H](O)[C@@H]2NCC[C@@H]2F)cc(N(C)S)n1. The van der Waals surface area contributed by atoms with Gasteiger partial charge in [0.2, 0.25) is 0 Å². The molecule has 0 bridgehead atoms. The third-order valence-corrected chi connectivity index (χ3v) is 6.20. The lowest BCUT2D eigenvalue weighted by Crippen LogP contribution is -2.54. The summed E-state index contributed by atoms with van der Waals surface area (Å²) in [6.07, 6.45) is -0.625. The van der Waals surface area contributed by atoms with Crippen LogP contribution in [0.2, 0.25) is 0 Å². The number of anilines is 2. The van der Waals surface area contributed by atoms with Gasteiger partial charge in [0.15, 0.2) is 0 Å². The van der Waals surface area contributed by atoms with Crippen molar-refractivity contribution in [1.82, 2.24) is 15.6 Å². The summed E-state index contributed by atoms with van der Waals surface area (Å²) in [5.74, 6) is 0.710. The van der Waals surface area contributed by atoms with Crippen molar-refractivity contribution in [2.24, 2.45) is 0 Å². The van der Waals surface area contributed by atoms with Crippen LogP contribution in [0.25, 0.3) is 0 Å². The highest BCUT2D eigenvalue weighted by Crippen LogP contribution is 2.22. The monoisotopic (exact) mass is 475 g/mol. The van der Waals surface area contributed by atoms with Crippen molar-refractivity contribution in [1.29, 1.82) is 0 Å². The van der Waals surface area contributed by atoms with Gasteiger partial charge >= 0.3 is 0 Å². The lowest BCUT2D eigenvalue weighted by Gasteiger charge is -2.30. The number of benzene rings is 1. The Kier molecular flexibility index (Phi) is 8.94. The molecule has 9 heteroatoms. The second-order valence-corrected chi connectivity index (χ2v) is 9.22. The number of aromatic nitrogens is 1. The number of carbonyl (C=O) groups excluding carboxylic acids is 1. The Balaban J connectivity index is 1.86. The fourth-order valence-corrected chi connectivity index (χ4v) is 4.00. The van der Waals surface area contributed by atoms with E-state index in [1.54, 1.807) is 19.2 Å². The number of amides is 1. The minimum absolute atomic E-state index is 0.177. The van der Waals surface area contributed by atoms with Gasteiger partial charge in [-0.2, -0.15) is 0 Å². The third-order valence-electron chi connectivity index (χ3n) is 6.00. The maximum atomic E-state index is 14.4. The first kappa shape index (κ1) is 25.3. The van der Waals surface area contributed by atoms with E-state index in [9.17, 15) is 14.3 Å². The summed E-state index contributed by atoms with van der Waals surface area (Å²) in [4.78, 5) is 17.8. The van der Waals surface area contributed by atoms with Crippen molar-refractivity contribution in [3.63, 3.8) is 0 Å². The largest absolute Gasteiger partial charge is 0.389 e. The number of carbonyl (C=O) groups is 1. The van der Waals surface area contributed by atoms with Crippen molar-refractivity contribution in [3.8, 4) is 0 Å². The molecule has 0 saturated carbocycles. The van der Waals surface area contributed by atoms with Crippen LogP contribution >= 0.6 is 12.8 Å². The zero-order chi connectivity index (χ0) is 24.0. The Labute approximate surface area is 200 Å². The maximum Gasteiger partial charge on any atom is 0.251 e. The van der Waals surface area contributed by atoms with Gasteiger partial charge in [0.25, 0.3) is 5.91 Å². The number of thiol groups is 1. The van der Waals surface area contributed by atoms with Crippen LogP contribution in [0, 0.1) is 0 Å². The number of hydrogen-bond donors (Lipinski definition) is 5. The minimum Gasteiger partial charge on any atom is -0.389 e. The molecule has 33 heavy (non-hydrogen) atoms. The van der Waals surface area contributed by atoms with Crippen LogP contribution < -0.4 is 20.3 Å². The number of rotatable bonds is 10. The predicted octanol–water partition coefficient (Wildman–Crippen LogP) is 2.98. The molecule has 4 N–H and O–H groups in total. The van der Waals surface area contributed by atoms with E-state index < -0.39 is 24.4 Å². The number of nitrogens with one attached hydrogen (secondary N) is 3. The first-order valence-corrected chi connectivity index (χ1v) is 11.8. The molecule has 0 unspecified atom stereocenters. The zero-order valence-electron chi connectivity index (χ0n) is 19.3. The van der Waals surface area contributed by atoms with Crippen LogP contribution in [0.15, 0.2) is 42.5 Å². The van der Waals surface area contributed by atoms with Crippen LogP contribution in [0.4, 0.5) is 16.0 Å². The first-order valence-electron chi connectivity index (χ1n) is 11.4. The predicted molar refractivity (Wildman–Crippen MR) is 134 cm³/mol. The average molecular weight is 476 g/mol. The Morgan fingerprint density at radius 1 is 1.36 bits per heavy atom. The summed E-state index contributed by atoms with van der Waals surface area (Å²) in [6, 6.07) is 11.7. The molecule has 1 aromatic carbocycles. The smallest absolute Gasteiger partial charge is 0.251 e. The summed E-state index contributed by atoms with van der Waals surface area (Å²) in [7, 11) is 1.73. The molecule has 3 rings (SSSR count). The van der Waals surface area contributed by atoms with Gasteiger partial charge in [0, 0.05) is 18.7 Å². The van der Waals surface area contributed by atoms with E-state index in [0.29, 0.717) is 36.6 Å². The molecule has 1 aromatic heterocycles. The van der Waals surface area contributed by atoms with Gasteiger partial charge < -0.3 is 25.4 Å². The number of halogens is 1. The molecule has 0 radical (unpaired) electrons. The molecule has 2 aromatic rings. The summed E-state index contributed by atoms with van der Waals surface area (Å²) < 4.78 is 15.9. The van der Waals surface area contributed by atoms with Crippen LogP contribution in [0.3, 0.4) is 0 Å². The number of hydrogen-bond acceptors (Lipinski definition) is 7. The molecular weight excluding hydrogens is 441 g/mol. The second-order valence-electron chi connectivity index (χ2n) is 8.62. The van der Waals surface area contributed by atoms with Crippen LogP contribution in [-0.2, 0) is 6.42 Å². The lowest BCUT2D eigenvalue weighted by atomic mass is 9.94. The summed E-state index contributed by atoms with van der Waals surface area (Å²) in [6.45, 7) is 4.60. The zero-order valence-corrected chi connectivity index (χ0v) is 20.2. The van der Waals surface area contributed by atoms with Crippen LogP contribution in [0.5, 0.6) is 0 Å². The highest BCUT2D eigenvalue weighted by Gasteiger charge is 2.37. The fourth-order valence-electron chi connectivity index (χ4n) is 3.90. The van der Waals surface area contributed by atoms with Crippen molar-refractivity contribution in [2.75, 3.05) is 23.2 Å². The van der Waals surface area contributed by atoms with Crippen LogP contribution in [-0.4, -0.2) is 60.0 Å². The molecular formula is C24H34FN5O2S. The Morgan fingerprint density at radius 3 is 2.70 bits per heavy atom. The van der Waals surface area contributed by atoms with E-state index in [1.165, 1.54) is 4.31 Å². The van der Waals surface area contributed by atoms with E-state index >= 15 is 0 Å². The van der Waals surface area contributed by atoms with E-state index in [0.717, 1.165) is 12.0 Å². The van der Waals surface area contributed by atoms with E-state index in [2.05, 4.69) is 40.7 Å². The van der Waals surface area contributed by atoms with Crippen molar-refractivity contribution in [2.45, 2.75) is 63.5 Å². The number of alkyl halides is 1. The molecule has 1 amide bonds. The topological polar surface area (TPSA) is 89.5 Å². The van der Waals surface area contributed by atoms with E-state index in [-0.39, 0.29) is 11.9 Å². The summed E-state index contributed by atoms with van der Waals surface area (Å²) in [5.41, 5.74) is 1.33. The van der Waals surface area contributed by atoms with Gasteiger partial charge in [0.05, 0.1) is 18.2 Å². The van der Waals surface area contributed by atoms with Crippen molar-refractivity contribution >= 4 is 30.4 Å². The molecule has 1 aliphatic rings. The van der Waals surface area contributed by atoms with Crippen LogP contribution in [0.1, 0.15) is 42.6 Å². The molecule has 1 saturated heterocycles. The van der Waals surface area contributed by atoms with Gasteiger partial charge in [-0.15, -0.1) is 0 Å². The normalized spacial score (nSPS) is 20.7. The Morgan fingerprint density at radius 2 is 2.09 bits per heavy atom. The fraction of sp³-hybridized carbons (Fsp3) is 0.500. The highest BCUT2D eigenvalue weighted by molar-refractivity contribution is 7.81. The summed E-state index contributed by atoms with van der Waals surface area (Å²) in [5, 5.41) is 20.3. The lowest BCUT2D eigenvalue weighted by molar-refractivity contribution is 0.0593. The molecule has 1 fully saturated rings. The first-order chi connectivity index (χ1) is 15.8. The van der Waals surface area contributed by atoms with Gasteiger partial charge in [-0.3, -0.25) is 4.79 Å². The van der Waals surface area contributed by atoms with E-state index in [1.807, 2.05) is 37.3 Å². The van der Waals surface area contributed by atoms with Crippen molar-refractivity contribution < 1.29 is 14.3 Å². The molecule has 0 spiro atoms. The minimum atomic E-state index is -1.16. The number of pyridine rings is 1. The summed E-state index contributed by atoms with van der Waals surface area (Å²) >= 11 is 4.32. The number of aliphatic hydroxyl groups excluding tert-OH is 1. The molecule has 5 atom stereocenters. The standard InChI is InChI=1S/C24H34FN5O2S/c1-4-15(2)27-20-13-17(14-21(29-20)30(3)33)24(32)28-19(12-16-8-6-5-7-9-16)23(31)22-18(25)10-11-26-22/h5-9,13-15,18-19,22-23,26,31,33H,4,10-12H2,1-3H3,(H,27,29)(H,28,32)/t15-,18-,19-,22+,23-/m0/s1. The molecule has 180 valence electrons. The van der Waals surface area contributed by atoms with Gasteiger partial charge in [-0.1, -0.05) is 50.1 Å². The molecule has 1 aliphatic heterocycles. The quantitative estimate of drug-likeness (QED) is 0.340. The van der Waals surface area contributed by atoms with Gasteiger partial charge in [-0.05, 0) is 50.4 Å². The average Bonchev–Trinajstić information content (AvgIpc) is 3.24. The highest BCUT2D eigenvalue weighted by atomic mass is 32.1. The van der Waals surface area contributed by atoms with E-state index in [4.69, 9.17) is 0 Å². The molecule has 0 aliphatic carbocycles. The second kappa shape index (κ2) is 11.7. The number of aliphatic hydroxyl groups is 1. The maximum absolute atomic E-state index is 14.4. The number of nitrogens with zero attached hydrogens (tertiary/aromatic N) is 2. The van der Waals surface area contributed by atoms with Gasteiger partial charge in [0.1, 0.15) is 17.8 Å². The Bertz CT molecular complexity index is 917. The third kappa shape index (κ3) is 6.82. The van der Waals surface area contributed by atoms with Crippen molar-refractivity contribution in [3.05, 3.63) is 53.6 Å². The Hall–Kier alpha value is -2.36.